The van der Waals surface area contributed by atoms with E-state index in [-0.39, 0.29) is 5.56 Å². The van der Waals surface area contributed by atoms with Crippen LogP contribution in [0.3, 0.4) is 0 Å². The maximum absolute atomic E-state index is 12.3. The maximum Gasteiger partial charge on any atom is 0.260 e. The van der Waals surface area contributed by atoms with E-state index in [9.17, 15) is 4.79 Å². The standard InChI is InChI=1S/C16H14Cl2N2O2S/c1-7-9(3)23-16-13(7)15(21)19-14(20-16)8(2)22-12-5-4-10(17)6-11(12)18/h4-6,8H,1-3H3,(H,19,20,21)/t8-/m0/s1. The van der Waals surface area contributed by atoms with E-state index in [1.807, 2.05) is 20.8 Å². The van der Waals surface area contributed by atoms with E-state index < -0.39 is 6.10 Å². The third kappa shape index (κ3) is 3.09. The molecule has 7 heteroatoms. The molecule has 1 aromatic carbocycles. The predicted molar refractivity (Wildman–Crippen MR) is 95.2 cm³/mol. The van der Waals surface area contributed by atoms with Crippen LogP contribution in [0.4, 0.5) is 0 Å². The van der Waals surface area contributed by atoms with Gasteiger partial charge in [-0.25, -0.2) is 4.98 Å². The normalized spacial score (nSPS) is 12.6. The first-order chi connectivity index (χ1) is 10.9. The number of thiophene rings is 1. The van der Waals surface area contributed by atoms with Gasteiger partial charge in [-0.2, -0.15) is 0 Å². The molecule has 0 aliphatic carbocycles. The van der Waals surface area contributed by atoms with Crippen LogP contribution < -0.4 is 10.3 Å². The Morgan fingerprint density at radius 1 is 1.30 bits per heavy atom. The zero-order valence-electron chi connectivity index (χ0n) is 12.7. The van der Waals surface area contributed by atoms with Gasteiger partial charge in [0.05, 0.1) is 10.4 Å². The fourth-order valence-electron chi connectivity index (χ4n) is 2.28. The van der Waals surface area contributed by atoms with Crippen LogP contribution in [-0.2, 0) is 0 Å². The number of aryl methyl sites for hydroxylation is 2. The van der Waals surface area contributed by atoms with Crippen molar-refractivity contribution in [3.05, 3.63) is 54.9 Å². The van der Waals surface area contributed by atoms with Crippen molar-refractivity contribution in [3.8, 4) is 5.75 Å². The highest BCUT2D eigenvalue weighted by atomic mass is 35.5. The van der Waals surface area contributed by atoms with E-state index in [1.165, 1.54) is 11.3 Å². The van der Waals surface area contributed by atoms with Crippen molar-refractivity contribution >= 4 is 44.8 Å². The summed E-state index contributed by atoms with van der Waals surface area (Å²) in [7, 11) is 0. The first-order valence-corrected chi connectivity index (χ1v) is 8.55. The van der Waals surface area contributed by atoms with Crippen LogP contribution in [0, 0.1) is 13.8 Å². The molecule has 0 radical (unpaired) electrons. The molecule has 23 heavy (non-hydrogen) atoms. The summed E-state index contributed by atoms with van der Waals surface area (Å²) in [5.41, 5.74) is 0.823. The van der Waals surface area contributed by atoms with Crippen LogP contribution in [0.2, 0.25) is 10.0 Å². The SMILES string of the molecule is Cc1sc2nc([C@H](C)Oc3ccc(Cl)cc3Cl)[nH]c(=O)c2c1C. The minimum atomic E-state index is -0.450. The van der Waals surface area contributed by atoms with E-state index in [0.717, 1.165) is 15.3 Å². The molecule has 1 N–H and O–H groups in total. The largest absolute Gasteiger partial charge is 0.481 e. The van der Waals surface area contributed by atoms with Crippen LogP contribution in [0.5, 0.6) is 5.75 Å². The van der Waals surface area contributed by atoms with Gasteiger partial charge < -0.3 is 9.72 Å². The van der Waals surface area contributed by atoms with E-state index in [0.29, 0.717) is 27.0 Å². The third-order valence-corrected chi connectivity index (χ3v) is 5.27. The fraction of sp³-hybridized carbons (Fsp3) is 0.250. The molecule has 2 aromatic heterocycles. The van der Waals surface area contributed by atoms with Gasteiger partial charge in [0.25, 0.3) is 5.56 Å². The zero-order valence-corrected chi connectivity index (χ0v) is 15.1. The lowest BCUT2D eigenvalue weighted by atomic mass is 10.2. The van der Waals surface area contributed by atoms with Gasteiger partial charge in [0.2, 0.25) is 0 Å². The molecule has 0 fully saturated rings. The number of nitrogens with zero attached hydrogens (tertiary/aromatic N) is 1. The Morgan fingerprint density at radius 2 is 2.04 bits per heavy atom. The van der Waals surface area contributed by atoms with Crippen LogP contribution in [0.25, 0.3) is 10.2 Å². The van der Waals surface area contributed by atoms with Crippen LogP contribution >= 0.6 is 34.5 Å². The Kier molecular flexibility index (Phi) is 4.36. The fourth-order valence-corrected chi connectivity index (χ4v) is 3.77. The number of aromatic amines is 1. The molecule has 0 bridgehead atoms. The molecule has 3 aromatic rings. The summed E-state index contributed by atoms with van der Waals surface area (Å²) in [6.45, 7) is 5.72. The number of ether oxygens (including phenoxy) is 1. The van der Waals surface area contributed by atoms with Crippen molar-refractivity contribution in [2.24, 2.45) is 0 Å². The Hall–Kier alpha value is -1.56. The molecule has 0 spiro atoms. The summed E-state index contributed by atoms with van der Waals surface area (Å²) in [5, 5.41) is 1.59. The first kappa shape index (κ1) is 16.3. The molecular weight excluding hydrogens is 355 g/mol. The third-order valence-electron chi connectivity index (χ3n) is 3.64. The van der Waals surface area contributed by atoms with Crippen molar-refractivity contribution in [3.63, 3.8) is 0 Å². The van der Waals surface area contributed by atoms with Gasteiger partial charge >= 0.3 is 0 Å². The molecule has 4 nitrogen and oxygen atoms in total. The molecule has 0 saturated carbocycles. The number of nitrogens with one attached hydrogen (secondary N) is 1. The van der Waals surface area contributed by atoms with Gasteiger partial charge in [0, 0.05) is 9.90 Å². The topological polar surface area (TPSA) is 55.0 Å². The zero-order chi connectivity index (χ0) is 16.7. The van der Waals surface area contributed by atoms with Gasteiger partial charge in [0.1, 0.15) is 10.6 Å². The van der Waals surface area contributed by atoms with Crippen molar-refractivity contribution < 1.29 is 4.74 Å². The number of benzene rings is 1. The number of aromatic nitrogens is 2. The number of halogens is 2. The van der Waals surface area contributed by atoms with Crippen LogP contribution in [0.15, 0.2) is 23.0 Å². The summed E-state index contributed by atoms with van der Waals surface area (Å²) < 4.78 is 5.81. The lowest BCUT2D eigenvalue weighted by molar-refractivity contribution is 0.217. The molecule has 1 atom stereocenters. The summed E-state index contributed by atoms with van der Waals surface area (Å²) >= 11 is 13.5. The average molecular weight is 369 g/mol. The molecule has 0 amide bonds. The number of H-pyrrole nitrogens is 1. The lowest BCUT2D eigenvalue weighted by Crippen LogP contribution is -2.16. The Labute approximate surface area is 147 Å². The highest BCUT2D eigenvalue weighted by molar-refractivity contribution is 7.18. The molecular formula is C16H14Cl2N2O2S. The van der Waals surface area contributed by atoms with Crippen molar-refractivity contribution in [1.82, 2.24) is 9.97 Å². The summed E-state index contributed by atoms with van der Waals surface area (Å²) in [6, 6.07) is 4.99. The van der Waals surface area contributed by atoms with Crippen molar-refractivity contribution in [2.45, 2.75) is 26.9 Å². The summed E-state index contributed by atoms with van der Waals surface area (Å²) in [5.74, 6) is 0.958. The van der Waals surface area contributed by atoms with Gasteiger partial charge in [-0.15, -0.1) is 11.3 Å². The smallest absolute Gasteiger partial charge is 0.260 e. The van der Waals surface area contributed by atoms with Gasteiger partial charge in [-0.1, -0.05) is 23.2 Å². The van der Waals surface area contributed by atoms with E-state index >= 15 is 0 Å². The lowest BCUT2D eigenvalue weighted by Gasteiger charge is -2.15. The highest BCUT2D eigenvalue weighted by Gasteiger charge is 2.17. The Bertz CT molecular complexity index is 949. The monoisotopic (exact) mass is 368 g/mol. The van der Waals surface area contributed by atoms with Crippen LogP contribution in [0.1, 0.15) is 29.3 Å². The van der Waals surface area contributed by atoms with Gasteiger partial charge in [0.15, 0.2) is 11.9 Å². The number of hydrogen-bond acceptors (Lipinski definition) is 4. The molecule has 0 aliphatic rings. The second-order valence-corrected chi connectivity index (χ2v) is 7.30. The number of fused-ring (bicyclic) bond motifs is 1. The van der Waals surface area contributed by atoms with Crippen molar-refractivity contribution in [1.29, 1.82) is 0 Å². The average Bonchev–Trinajstić information content (AvgIpc) is 2.77. The summed E-state index contributed by atoms with van der Waals surface area (Å²) in [6.07, 6.45) is -0.450. The molecule has 0 saturated heterocycles. The Balaban J connectivity index is 1.98. The van der Waals surface area contributed by atoms with Crippen molar-refractivity contribution in [2.75, 3.05) is 0 Å². The molecule has 3 rings (SSSR count). The van der Waals surface area contributed by atoms with E-state index in [1.54, 1.807) is 18.2 Å². The second kappa shape index (κ2) is 6.15. The molecule has 2 heterocycles. The number of rotatable bonds is 3. The highest BCUT2D eigenvalue weighted by Crippen LogP contribution is 2.31. The predicted octanol–water partition coefficient (Wildman–Crippen LogP) is 5.05. The van der Waals surface area contributed by atoms with Gasteiger partial charge in [-0.05, 0) is 44.5 Å². The van der Waals surface area contributed by atoms with E-state index in [4.69, 9.17) is 27.9 Å². The number of hydrogen-bond donors (Lipinski definition) is 1. The minimum Gasteiger partial charge on any atom is -0.481 e. The van der Waals surface area contributed by atoms with Crippen LogP contribution in [-0.4, -0.2) is 9.97 Å². The first-order valence-electron chi connectivity index (χ1n) is 6.98. The quantitative estimate of drug-likeness (QED) is 0.703. The second-order valence-electron chi connectivity index (χ2n) is 5.25. The maximum atomic E-state index is 12.3. The van der Waals surface area contributed by atoms with Gasteiger partial charge in [-0.3, -0.25) is 4.79 Å². The Morgan fingerprint density at radius 3 is 2.74 bits per heavy atom. The molecule has 0 unspecified atom stereocenters. The molecule has 120 valence electrons. The molecule has 0 aliphatic heterocycles. The summed E-state index contributed by atoms with van der Waals surface area (Å²) in [4.78, 5) is 21.5. The van der Waals surface area contributed by atoms with E-state index in [2.05, 4.69) is 9.97 Å². The minimum absolute atomic E-state index is 0.149.